The molecule has 2 aliphatic rings. The van der Waals surface area contributed by atoms with Gasteiger partial charge >= 0.3 is 0 Å². The monoisotopic (exact) mass is 434 g/mol. The van der Waals surface area contributed by atoms with Crippen molar-refractivity contribution in [3.8, 4) is 11.5 Å². The second kappa shape index (κ2) is 13.3. The first-order valence-corrected chi connectivity index (χ1v) is 12.4. The second-order valence-corrected chi connectivity index (χ2v) is 9.05. The Labute approximate surface area is 187 Å². The van der Waals surface area contributed by atoms with Crippen molar-refractivity contribution in [2.75, 3.05) is 32.8 Å². The molecule has 31 heavy (non-hydrogen) atoms. The predicted molar refractivity (Wildman–Crippen MR) is 124 cm³/mol. The first-order chi connectivity index (χ1) is 15.2. The lowest BCUT2D eigenvalue weighted by atomic mass is 10.00. The Morgan fingerprint density at radius 1 is 0.935 bits per heavy atom. The summed E-state index contributed by atoms with van der Waals surface area (Å²) in [5.74, 6) is 1.41. The third kappa shape index (κ3) is 7.94. The molecule has 0 saturated carbocycles. The Morgan fingerprint density at radius 2 is 1.61 bits per heavy atom. The topological polar surface area (TPSA) is 74.2 Å². The van der Waals surface area contributed by atoms with E-state index >= 15 is 0 Å². The van der Waals surface area contributed by atoms with Gasteiger partial charge in [0.05, 0.1) is 12.1 Å². The number of hydrogen-bond donors (Lipinski definition) is 3. The van der Waals surface area contributed by atoms with Gasteiger partial charge in [0.25, 0.3) is 0 Å². The van der Waals surface area contributed by atoms with E-state index in [-0.39, 0.29) is 6.04 Å². The van der Waals surface area contributed by atoms with Crippen LogP contribution in [-0.2, 0) is 0 Å². The molecular formula is C25H42N2O4. The van der Waals surface area contributed by atoms with Crippen molar-refractivity contribution in [2.24, 2.45) is 0 Å². The molecule has 0 aliphatic carbocycles. The molecule has 3 rings (SSSR count). The normalized spacial score (nSPS) is 19.3. The fourth-order valence-electron chi connectivity index (χ4n) is 4.59. The molecule has 2 aliphatic heterocycles. The third-order valence-electron chi connectivity index (χ3n) is 6.43. The van der Waals surface area contributed by atoms with Crippen LogP contribution in [0.25, 0.3) is 0 Å². The summed E-state index contributed by atoms with van der Waals surface area (Å²) in [6, 6.07) is 5.41. The molecule has 1 aromatic carbocycles. The first-order valence-electron chi connectivity index (χ1n) is 12.4. The average Bonchev–Trinajstić information content (AvgIpc) is 3.30. The van der Waals surface area contributed by atoms with Crippen molar-refractivity contribution in [1.29, 1.82) is 0 Å². The van der Waals surface area contributed by atoms with E-state index in [9.17, 15) is 10.2 Å². The highest BCUT2D eigenvalue weighted by Crippen LogP contribution is 2.33. The molecule has 1 aromatic rings. The van der Waals surface area contributed by atoms with Crippen LogP contribution >= 0.6 is 0 Å². The van der Waals surface area contributed by atoms with Crippen molar-refractivity contribution < 1.29 is 19.7 Å². The van der Waals surface area contributed by atoms with Crippen molar-refractivity contribution in [1.82, 2.24) is 10.2 Å². The number of nitrogens with zero attached hydrogens (tertiary/aromatic N) is 1. The fraction of sp³-hybridized carbons (Fsp3) is 0.760. The Bertz CT molecular complexity index is 636. The Morgan fingerprint density at radius 3 is 2.35 bits per heavy atom. The molecule has 2 heterocycles. The summed E-state index contributed by atoms with van der Waals surface area (Å²) in [6.07, 6.45) is 10.4. The number of benzene rings is 1. The van der Waals surface area contributed by atoms with Gasteiger partial charge in [0.2, 0.25) is 0 Å². The summed E-state index contributed by atoms with van der Waals surface area (Å²) >= 11 is 0. The minimum absolute atomic E-state index is 0.236. The molecule has 176 valence electrons. The van der Waals surface area contributed by atoms with E-state index < -0.39 is 12.3 Å². The SMILES string of the molecule is CCCCCCCCCC(O)N[C@H](CN1CCCC1)[C@H](O)c1ccc2c(c1)OCCO2. The first kappa shape index (κ1) is 24.3. The highest BCUT2D eigenvalue weighted by molar-refractivity contribution is 5.44. The van der Waals surface area contributed by atoms with Crippen molar-refractivity contribution >= 4 is 0 Å². The Hall–Kier alpha value is -1.34. The number of aliphatic hydroxyl groups is 2. The molecule has 3 atom stereocenters. The van der Waals surface area contributed by atoms with E-state index in [2.05, 4.69) is 17.1 Å². The quantitative estimate of drug-likeness (QED) is 0.304. The van der Waals surface area contributed by atoms with Crippen LogP contribution in [0.3, 0.4) is 0 Å². The molecule has 0 radical (unpaired) electrons. The molecule has 0 spiro atoms. The van der Waals surface area contributed by atoms with Gasteiger partial charge in [-0.3, -0.25) is 5.32 Å². The number of unbranched alkanes of at least 4 members (excludes halogenated alkanes) is 6. The minimum Gasteiger partial charge on any atom is -0.486 e. The Balaban J connectivity index is 1.53. The summed E-state index contributed by atoms with van der Waals surface area (Å²) in [5.41, 5.74) is 0.795. The molecule has 3 N–H and O–H groups in total. The summed E-state index contributed by atoms with van der Waals surface area (Å²) in [7, 11) is 0. The van der Waals surface area contributed by atoms with Gasteiger partial charge in [-0.25, -0.2) is 0 Å². The van der Waals surface area contributed by atoms with Crippen molar-refractivity contribution in [3.63, 3.8) is 0 Å². The average molecular weight is 435 g/mol. The maximum atomic E-state index is 11.2. The number of ether oxygens (including phenoxy) is 2. The zero-order valence-corrected chi connectivity index (χ0v) is 19.2. The van der Waals surface area contributed by atoms with Crippen LogP contribution in [-0.4, -0.2) is 60.2 Å². The van der Waals surface area contributed by atoms with Gasteiger partial charge in [0.1, 0.15) is 19.4 Å². The van der Waals surface area contributed by atoms with Crippen LogP contribution in [0.15, 0.2) is 18.2 Å². The number of nitrogens with one attached hydrogen (secondary N) is 1. The highest BCUT2D eigenvalue weighted by atomic mass is 16.6. The number of hydrogen-bond acceptors (Lipinski definition) is 6. The standard InChI is InChI=1S/C25H42N2O4/c1-2-3-4-5-6-7-8-11-24(28)26-21(19-27-14-9-10-15-27)25(29)20-12-13-22-23(18-20)31-17-16-30-22/h12-13,18,21,24-26,28-29H,2-11,14-17,19H2,1H3/t21-,24?,25-/m1/s1. The lowest BCUT2D eigenvalue weighted by Crippen LogP contribution is -2.48. The van der Waals surface area contributed by atoms with Crippen LogP contribution in [0, 0.1) is 0 Å². The molecule has 1 unspecified atom stereocenters. The van der Waals surface area contributed by atoms with E-state index in [1.165, 1.54) is 44.9 Å². The number of aliphatic hydroxyl groups excluding tert-OH is 2. The zero-order valence-electron chi connectivity index (χ0n) is 19.2. The van der Waals surface area contributed by atoms with Crippen LogP contribution in [0.4, 0.5) is 0 Å². The number of fused-ring (bicyclic) bond motifs is 1. The third-order valence-corrected chi connectivity index (χ3v) is 6.43. The van der Waals surface area contributed by atoms with E-state index in [0.717, 1.165) is 50.2 Å². The van der Waals surface area contributed by atoms with Gasteiger partial charge < -0.3 is 24.6 Å². The van der Waals surface area contributed by atoms with Crippen LogP contribution in [0.5, 0.6) is 11.5 Å². The summed E-state index contributed by atoms with van der Waals surface area (Å²) in [6.45, 7) is 6.15. The van der Waals surface area contributed by atoms with E-state index in [4.69, 9.17) is 9.47 Å². The number of rotatable bonds is 14. The lowest BCUT2D eigenvalue weighted by Gasteiger charge is -2.31. The van der Waals surface area contributed by atoms with E-state index in [1.807, 2.05) is 18.2 Å². The molecule has 6 nitrogen and oxygen atoms in total. The Kier molecular flexibility index (Phi) is 10.4. The van der Waals surface area contributed by atoms with Crippen molar-refractivity contribution in [2.45, 2.75) is 89.5 Å². The summed E-state index contributed by atoms with van der Waals surface area (Å²) < 4.78 is 11.3. The molecule has 0 bridgehead atoms. The van der Waals surface area contributed by atoms with Crippen LogP contribution in [0.2, 0.25) is 0 Å². The van der Waals surface area contributed by atoms with Gasteiger partial charge in [-0.05, 0) is 56.5 Å². The molecule has 0 aromatic heterocycles. The van der Waals surface area contributed by atoms with E-state index in [1.54, 1.807) is 0 Å². The van der Waals surface area contributed by atoms with E-state index in [0.29, 0.717) is 19.0 Å². The largest absolute Gasteiger partial charge is 0.486 e. The molecule has 0 amide bonds. The second-order valence-electron chi connectivity index (χ2n) is 9.05. The van der Waals surface area contributed by atoms with Crippen LogP contribution < -0.4 is 14.8 Å². The van der Waals surface area contributed by atoms with Gasteiger partial charge in [0, 0.05) is 6.54 Å². The van der Waals surface area contributed by atoms with Gasteiger partial charge in [-0.1, -0.05) is 51.5 Å². The zero-order chi connectivity index (χ0) is 21.9. The molecule has 1 saturated heterocycles. The lowest BCUT2D eigenvalue weighted by molar-refractivity contribution is 0.0462. The molecule has 6 heteroatoms. The van der Waals surface area contributed by atoms with Gasteiger partial charge in [-0.15, -0.1) is 0 Å². The summed E-state index contributed by atoms with van der Waals surface area (Å²) in [4.78, 5) is 2.37. The maximum Gasteiger partial charge on any atom is 0.161 e. The van der Waals surface area contributed by atoms with Crippen LogP contribution in [0.1, 0.15) is 82.8 Å². The predicted octanol–water partition coefficient (Wildman–Crippen LogP) is 4.00. The molecular weight excluding hydrogens is 392 g/mol. The number of likely N-dealkylation sites (tertiary alicyclic amines) is 1. The maximum absolute atomic E-state index is 11.2. The smallest absolute Gasteiger partial charge is 0.161 e. The van der Waals surface area contributed by atoms with Crippen molar-refractivity contribution in [3.05, 3.63) is 23.8 Å². The fourth-order valence-corrected chi connectivity index (χ4v) is 4.59. The van der Waals surface area contributed by atoms with Gasteiger partial charge in [0.15, 0.2) is 11.5 Å². The minimum atomic E-state index is -0.722. The summed E-state index contributed by atoms with van der Waals surface area (Å²) in [5, 5.41) is 25.1. The van der Waals surface area contributed by atoms with Gasteiger partial charge in [-0.2, -0.15) is 0 Å². The highest BCUT2D eigenvalue weighted by Gasteiger charge is 2.27. The molecule has 1 fully saturated rings.